The van der Waals surface area contributed by atoms with Gasteiger partial charge in [0.2, 0.25) is 0 Å². The number of aromatic amines is 1. The number of rotatable bonds is 4. The monoisotopic (exact) mass is 217 g/mol. The third-order valence-corrected chi connectivity index (χ3v) is 2.29. The molecule has 16 heavy (non-hydrogen) atoms. The minimum atomic E-state index is 0.413. The maximum atomic E-state index is 4.21. The van der Waals surface area contributed by atoms with E-state index in [9.17, 15) is 0 Å². The van der Waals surface area contributed by atoms with Gasteiger partial charge in [0.05, 0.1) is 18.6 Å². The lowest BCUT2D eigenvalue weighted by Crippen LogP contribution is -2.03. The molecule has 0 amide bonds. The first-order chi connectivity index (χ1) is 7.75. The molecule has 0 unspecified atom stereocenters. The lowest BCUT2D eigenvalue weighted by Gasteiger charge is -2.07. The van der Waals surface area contributed by atoms with Crippen molar-refractivity contribution in [2.75, 3.05) is 5.32 Å². The molecule has 0 saturated carbocycles. The summed E-state index contributed by atoms with van der Waals surface area (Å²) in [7, 11) is 0. The molecular weight excluding hydrogens is 202 g/mol. The number of nitrogens with zero attached hydrogens (tertiary/aromatic N) is 3. The number of anilines is 1. The fourth-order valence-electron chi connectivity index (χ4n) is 1.35. The highest BCUT2D eigenvalue weighted by Gasteiger charge is 2.02. The zero-order valence-corrected chi connectivity index (χ0v) is 9.44. The molecule has 5 nitrogen and oxygen atoms in total. The maximum absolute atomic E-state index is 4.21. The Kier molecular flexibility index (Phi) is 3.14. The Labute approximate surface area is 94.4 Å². The fraction of sp³-hybridized carbons (Fsp3) is 0.364. The minimum absolute atomic E-state index is 0.413. The van der Waals surface area contributed by atoms with Crippen molar-refractivity contribution in [3.63, 3.8) is 0 Å². The molecule has 2 rings (SSSR count). The first kappa shape index (κ1) is 10.6. The van der Waals surface area contributed by atoms with Crippen molar-refractivity contribution in [2.45, 2.75) is 26.3 Å². The molecule has 2 heterocycles. The zero-order chi connectivity index (χ0) is 11.4. The van der Waals surface area contributed by atoms with Gasteiger partial charge in [-0.1, -0.05) is 13.8 Å². The Balaban J connectivity index is 2.01. The third kappa shape index (κ3) is 2.56. The van der Waals surface area contributed by atoms with Crippen LogP contribution in [0.2, 0.25) is 0 Å². The van der Waals surface area contributed by atoms with Crippen LogP contribution in [0, 0.1) is 0 Å². The Morgan fingerprint density at radius 2 is 2.25 bits per heavy atom. The van der Waals surface area contributed by atoms with Gasteiger partial charge in [-0.2, -0.15) is 0 Å². The molecule has 0 aliphatic heterocycles. The maximum Gasteiger partial charge on any atom is 0.129 e. The quantitative estimate of drug-likeness (QED) is 0.821. The summed E-state index contributed by atoms with van der Waals surface area (Å²) in [6.07, 6.45) is 5.04. The summed E-state index contributed by atoms with van der Waals surface area (Å²) in [5, 5.41) is 3.22. The number of hydrogen-bond acceptors (Lipinski definition) is 4. The lowest BCUT2D eigenvalue weighted by molar-refractivity contribution is 0.813. The van der Waals surface area contributed by atoms with Gasteiger partial charge in [0, 0.05) is 18.0 Å². The SMILES string of the molecule is CC(C)c1cc(NCc2cnc[nH]2)ncn1. The van der Waals surface area contributed by atoms with E-state index in [1.54, 1.807) is 18.9 Å². The minimum Gasteiger partial charge on any atom is -0.364 e. The number of nitrogens with one attached hydrogen (secondary N) is 2. The van der Waals surface area contributed by atoms with Gasteiger partial charge < -0.3 is 10.3 Å². The fourth-order valence-corrected chi connectivity index (χ4v) is 1.35. The van der Waals surface area contributed by atoms with Gasteiger partial charge in [0.15, 0.2) is 0 Å². The van der Waals surface area contributed by atoms with Crippen molar-refractivity contribution in [3.8, 4) is 0 Å². The Bertz CT molecular complexity index is 435. The predicted molar refractivity (Wildman–Crippen MR) is 62.0 cm³/mol. The van der Waals surface area contributed by atoms with Gasteiger partial charge in [-0.05, 0) is 5.92 Å². The highest BCUT2D eigenvalue weighted by Crippen LogP contribution is 2.13. The predicted octanol–water partition coefficient (Wildman–Crippen LogP) is 1.94. The molecule has 0 radical (unpaired) electrons. The Morgan fingerprint density at radius 3 is 2.94 bits per heavy atom. The van der Waals surface area contributed by atoms with Crippen LogP contribution in [-0.2, 0) is 6.54 Å². The van der Waals surface area contributed by atoms with Gasteiger partial charge in [0.1, 0.15) is 12.1 Å². The van der Waals surface area contributed by atoms with Gasteiger partial charge in [-0.15, -0.1) is 0 Å². The molecule has 0 atom stereocenters. The van der Waals surface area contributed by atoms with Crippen LogP contribution in [0.5, 0.6) is 0 Å². The van der Waals surface area contributed by atoms with E-state index in [0.29, 0.717) is 12.5 Å². The molecule has 0 bridgehead atoms. The number of imidazole rings is 1. The normalized spacial score (nSPS) is 10.7. The van der Waals surface area contributed by atoms with E-state index in [4.69, 9.17) is 0 Å². The van der Waals surface area contributed by atoms with E-state index in [-0.39, 0.29) is 0 Å². The number of H-pyrrole nitrogens is 1. The summed E-state index contributed by atoms with van der Waals surface area (Å²) >= 11 is 0. The summed E-state index contributed by atoms with van der Waals surface area (Å²) in [5.74, 6) is 1.25. The molecule has 0 fully saturated rings. The van der Waals surface area contributed by atoms with Crippen molar-refractivity contribution >= 4 is 5.82 Å². The molecule has 0 aromatic carbocycles. The molecule has 0 spiro atoms. The van der Waals surface area contributed by atoms with Gasteiger partial charge in [0.25, 0.3) is 0 Å². The van der Waals surface area contributed by atoms with E-state index < -0.39 is 0 Å². The Hall–Kier alpha value is -1.91. The topological polar surface area (TPSA) is 66.5 Å². The van der Waals surface area contributed by atoms with Crippen molar-refractivity contribution in [1.82, 2.24) is 19.9 Å². The van der Waals surface area contributed by atoms with Crippen LogP contribution >= 0.6 is 0 Å². The second-order valence-electron chi connectivity index (χ2n) is 3.91. The van der Waals surface area contributed by atoms with Crippen LogP contribution in [0.25, 0.3) is 0 Å². The standard InChI is InChI=1S/C11H15N5/c1-8(2)10-3-11(16-7-15-10)13-5-9-4-12-6-14-9/h3-4,6-8H,5H2,1-2H3,(H,12,14)(H,13,15,16). The number of aromatic nitrogens is 4. The first-order valence-corrected chi connectivity index (χ1v) is 5.29. The van der Waals surface area contributed by atoms with Crippen LogP contribution in [-0.4, -0.2) is 19.9 Å². The molecule has 2 aromatic heterocycles. The molecular formula is C11H15N5. The van der Waals surface area contributed by atoms with Crippen molar-refractivity contribution in [1.29, 1.82) is 0 Å². The second-order valence-corrected chi connectivity index (χ2v) is 3.91. The number of hydrogen-bond donors (Lipinski definition) is 2. The van der Waals surface area contributed by atoms with Crippen molar-refractivity contribution in [3.05, 3.63) is 36.3 Å². The molecule has 0 saturated heterocycles. The molecule has 2 aromatic rings. The highest BCUT2D eigenvalue weighted by molar-refractivity contribution is 5.35. The van der Waals surface area contributed by atoms with E-state index in [0.717, 1.165) is 17.2 Å². The van der Waals surface area contributed by atoms with E-state index in [2.05, 4.69) is 39.1 Å². The summed E-state index contributed by atoms with van der Waals surface area (Å²) in [5.41, 5.74) is 2.08. The van der Waals surface area contributed by atoms with Gasteiger partial charge in [-0.25, -0.2) is 15.0 Å². The van der Waals surface area contributed by atoms with Crippen LogP contribution in [0.15, 0.2) is 24.9 Å². The van der Waals surface area contributed by atoms with Crippen molar-refractivity contribution < 1.29 is 0 Å². The largest absolute Gasteiger partial charge is 0.364 e. The summed E-state index contributed by atoms with van der Waals surface area (Å²) in [4.78, 5) is 15.4. The molecule has 5 heteroatoms. The average molecular weight is 217 g/mol. The van der Waals surface area contributed by atoms with Crippen LogP contribution in [0.4, 0.5) is 5.82 Å². The molecule has 84 valence electrons. The second kappa shape index (κ2) is 4.74. The van der Waals surface area contributed by atoms with Crippen LogP contribution < -0.4 is 5.32 Å². The van der Waals surface area contributed by atoms with E-state index in [1.807, 2.05) is 6.07 Å². The van der Waals surface area contributed by atoms with E-state index >= 15 is 0 Å². The van der Waals surface area contributed by atoms with Crippen LogP contribution in [0.1, 0.15) is 31.2 Å². The van der Waals surface area contributed by atoms with Crippen molar-refractivity contribution in [2.24, 2.45) is 0 Å². The smallest absolute Gasteiger partial charge is 0.129 e. The third-order valence-electron chi connectivity index (χ3n) is 2.29. The van der Waals surface area contributed by atoms with Crippen LogP contribution in [0.3, 0.4) is 0 Å². The molecule has 2 N–H and O–H groups in total. The zero-order valence-electron chi connectivity index (χ0n) is 9.44. The van der Waals surface area contributed by atoms with E-state index in [1.165, 1.54) is 0 Å². The summed E-state index contributed by atoms with van der Waals surface area (Å²) in [6, 6.07) is 1.97. The summed E-state index contributed by atoms with van der Waals surface area (Å²) < 4.78 is 0. The summed E-state index contributed by atoms with van der Waals surface area (Å²) in [6.45, 7) is 4.91. The lowest BCUT2D eigenvalue weighted by atomic mass is 10.1. The Morgan fingerprint density at radius 1 is 1.38 bits per heavy atom. The molecule has 0 aliphatic carbocycles. The average Bonchev–Trinajstić information content (AvgIpc) is 2.79. The highest BCUT2D eigenvalue weighted by atomic mass is 15.0. The van der Waals surface area contributed by atoms with Gasteiger partial charge >= 0.3 is 0 Å². The van der Waals surface area contributed by atoms with Gasteiger partial charge in [-0.3, -0.25) is 0 Å². The first-order valence-electron chi connectivity index (χ1n) is 5.29. The molecule has 0 aliphatic rings.